The van der Waals surface area contributed by atoms with Crippen LogP contribution < -0.4 is 0 Å². The van der Waals surface area contributed by atoms with Crippen LogP contribution in [0.2, 0.25) is 0 Å². The number of hydrogen-bond acceptors (Lipinski definition) is 0. The highest BCUT2D eigenvalue weighted by molar-refractivity contribution is 5.80. The Morgan fingerprint density at radius 3 is 2.21 bits per heavy atom. The Morgan fingerprint density at radius 2 is 1.53 bits per heavy atom. The molecule has 1 aromatic carbocycles. The van der Waals surface area contributed by atoms with E-state index >= 15 is 0 Å². The maximum Gasteiger partial charge on any atom is 0.0531 e. The highest BCUT2D eigenvalue weighted by atomic mass is 14.9. The number of nitrogens with zero attached hydrogens (tertiary/aromatic N) is 1. The first-order chi connectivity index (χ1) is 9.07. The van der Waals surface area contributed by atoms with E-state index in [1.165, 1.54) is 22.3 Å². The lowest BCUT2D eigenvalue weighted by molar-refractivity contribution is 0.561. The lowest BCUT2D eigenvalue weighted by Crippen LogP contribution is -2.15. The van der Waals surface area contributed by atoms with Crippen LogP contribution in [0.15, 0.2) is 60.8 Å². The number of aromatic nitrogens is 1. The average molecular weight is 249 g/mol. The molecule has 0 unspecified atom stereocenters. The summed E-state index contributed by atoms with van der Waals surface area (Å²) in [5, 5.41) is 0. The summed E-state index contributed by atoms with van der Waals surface area (Å²) in [6, 6.07) is 19.4. The fourth-order valence-electron chi connectivity index (χ4n) is 2.61. The molecule has 0 amide bonds. The second kappa shape index (κ2) is 4.27. The molecule has 1 nitrogen and oxygen atoms in total. The van der Waals surface area contributed by atoms with Gasteiger partial charge in [-0.05, 0) is 23.8 Å². The van der Waals surface area contributed by atoms with Gasteiger partial charge in [0.1, 0.15) is 0 Å². The Balaban J connectivity index is 2.28. The van der Waals surface area contributed by atoms with Crippen LogP contribution in [0.3, 0.4) is 0 Å². The SMILES string of the molecule is CC(C)(C)c1ccc(-c2ccccc2)c2cccn12. The second-order valence-corrected chi connectivity index (χ2v) is 6.01. The maximum atomic E-state index is 2.31. The van der Waals surface area contributed by atoms with Crippen LogP contribution >= 0.6 is 0 Å². The van der Waals surface area contributed by atoms with E-state index in [1.54, 1.807) is 0 Å². The fraction of sp³-hybridized carbons (Fsp3) is 0.222. The van der Waals surface area contributed by atoms with Gasteiger partial charge in [-0.15, -0.1) is 0 Å². The van der Waals surface area contributed by atoms with Crippen molar-refractivity contribution in [2.45, 2.75) is 26.2 Å². The molecule has 0 N–H and O–H groups in total. The molecule has 0 saturated heterocycles. The Labute approximate surface area is 114 Å². The molecule has 0 fully saturated rings. The molecule has 0 radical (unpaired) electrons. The van der Waals surface area contributed by atoms with Crippen molar-refractivity contribution in [2.24, 2.45) is 0 Å². The maximum absolute atomic E-state index is 2.31. The molecule has 1 heteroatoms. The summed E-state index contributed by atoms with van der Waals surface area (Å²) < 4.78 is 2.31. The third-order valence-electron chi connectivity index (χ3n) is 3.55. The summed E-state index contributed by atoms with van der Waals surface area (Å²) in [5.74, 6) is 0. The van der Waals surface area contributed by atoms with E-state index in [1.807, 2.05) is 0 Å². The lowest BCUT2D eigenvalue weighted by atomic mass is 9.90. The van der Waals surface area contributed by atoms with Crippen LogP contribution in [-0.2, 0) is 5.41 Å². The van der Waals surface area contributed by atoms with E-state index in [0.29, 0.717) is 0 Å². The molecule has 3 rings (SSSR count). The van der Waals surface area contributed by atoms with Crippen LogP contribution in [0.4, 0.5) is 0 Å². The van der Waals surface area contributed by atoms with Gasteiger partial charge < -0.3 is 4.40 Å². The number of rotatable bonds is 1. The van der Waals surface area contributed by atoms with E-state index < -0.39 is 0 Å². The molecule has 3 aromatic rings. The van der Waals surface area contributed by atoms with Gasteiger partial charge >= 0.3 is 0 Å². The van der Waals surface area contributed by atoms with Gasteiger partial charge in [-0.1, -0.05) is 57.2 Å². The van der Waals surface area contributed by atoms with Crippen molar-refractivity contribution in [1.29, 1.82) is 0 Å². The number of benzene rings is 1. The molecule has 0 bridgehead atoms. The summed E-state index contributed by atoms with van der Waals surface area (Å²) in [4.78, 5) is 0. The number of fused-ring (bicyclic) bond motifs is 1. The van der Waals surface area contributed by atoms with Crippen LogP contribution in [0.1, 0.15) is 26.5 Å². The molecule has 0 aliphatic carbocycles. The highest BCUT2D eigenvalue weighted by Crippen LogP contribution is 2.30. The zero-order valence-corrected chi connectivity index (χ0v) is 11.7. The van der Waals surface area contributed by atoms with Crippen molar-refractivity contribution in [2.75, 3.05) is 0 Å². The molecule has 0 spiro atoms. The Kier molecular flexibility index (Phi) is 2.70. The molecular formula is C18H19N. The monoisotopic (exact) mass is 249 g/mol. The summed E-state index contributed by atoms with van der Waals surface area (Å²) >= 11 is 0. The largest absolute Gasteiger partial charge is 0.320 e. The molecule has 0 atom stereocenters. The molecule has 0 aliphatic rings. The smallest absolute Gasteiger partial charge is 0.0531 e. The predicted octanol–water partition coefficient (Wildman–Crippen LogP) is 4.90. The van der Waals surface area contributed by atoms with Gasteiger partial charge in [0.25, 0.3) is 0 Å². The molecule has 96 valence electrons. The van der Waals surface area contributed by atoms with Gasteiger partial charge in [-0.2, -0.15) is 0 Å². The summed E-state index contributed by atoms with van der Waals surface area (Å²) in [6.07, 6.45) is 2.16. The summed E-state index contributed by atoms with van der Waals surface area (Å²) in [6.45, 7) is 6.76. The minimum atomic E-state index is 0.145. The summed E-state index contributed by atoms with van der Waals surface area (Å²) in [5.41, 5.74) is 5.32. The van der Waals surface area contributed by atoms with Gasteiger partial charge in [0.15, 0.2) is 0 Å². The fourth-order valence-corrected chi connectivity index (χ4v) is 2.61. The molecule has 19 heavy (non-hydrogen) atoms. The van der Waals surface area contributed by atoms with E-state index in [2.05, 4.69) is 86.0 Å². The normalized spacial score (nSPS) is 11.9. The second-order valence-electron chi connectivity index (χ2n) is 6.01. The van der Waals surface area contributed by atoms with Gasteiger partial charge in [0, 0.05) is 22.9 Å². The first kappa shape index (κ1) is 12.0. The van der Waals surface area contributed by atoms with Crippen LogP contribution in [0.5, 0.6) is 0 Å². The Morgan fingerprint density at radius 1 is 0.789 bits per heavy atom. The Bertz CT molecular complexity index is 699. The lowest BCUT2D eigenvalue weighted by Gasteiger charge is -2.22. The predicted molar refractivity (Wildman–Crippen MR) is 81.5 cm³/mol. The van der Waals surface area contributed by atoms with Crippen LogP contribution in [-0.4, -0.2) is 4.40 Å². The summed E-state index contributed by atoms with van der Waals surface area (Å²) in [7, 11) is 0. The molecule has 2 heterocycles. The van der Waals surface area contributed by atoms with Gasteiger partial charge in [0.2, 0.25) is 0 Å². The van der Waals surface area contributed by atoms with Crippen LogP contribution in [0, 0.1) is 0 Å². The standard InChI is InChI=1S/C18H19N/c1-18(2,3)17-12-11-15(14-8-5-4-6-9-14)16-10-7-13-19(16)17/h4-13H,1-3H3. The van der Waals surface area contributed by atoms with Gasteiger partial charge in [-0.3, -0.25) is 0 Å². The van der Waals surface area contributed by atoms with Gasteiger partial charge in [-0.25, -0.2) is 0 Å². The van der Waals surface area contributed by atoms with Crippen LogP contribution in [0.25, 0.3) is 16.6 Å². The Hall–Kier alpha value is -2.02. The quantitative estimate of drug-likeness (QED) is 0.577. The third kappa shape index (κ3) is 2.06. The molecule has 0 aliphatic heterocycles. The van der Waals surface area contributed by atoms with Crippen molar-refractivity contribution < 1.29 is 0 Å². The zero-order valence-electron chi connectivity index (χ0n) is 11.7. The van der Waals surface area contributed by atoms with E-state index in [4.69, 9.17) is 0 Å². The first-order valence-electron chi connectivity index (χ1n) is 6.73. The van der Waals surface area contributed by atoms with E-state index in [0.717, 1.165) is 0 Å². The van der Waals surface area contributed by atoms with Crippen molar-refractivity contribution in [3.05, 3.63) is 66.5 Å². The van der Waals surface area contributed by atoms with Crippen molar-refractivity contribution in [1.82, 2.24) is 4.40 Å². The topological polar surface area (TPSA) is 4.41 Å². The molecular weight excluding hydrogens is 230 g/mol. The van der Waals surface area contributed by atoms with E-state index in [-0.39, 0.29) is 5.41 Å². The number of hydrogen-bond donors (Lipinski definition) is 0. The minimum Gasteiger partial charge on any atom is -0.320 e. The van der Waals surface area contributed by atoms with Gasteiger partial charge in [0.05, 0.1) is 5.52 Å². The highest BCUT2D eigenvalue weighted by Gasteiger charge is 2.18. The average Bonchev–Trinajstić information content (AvgIpc) is 2.86. The molecule has 0 saturated carbocycles. The third-order valence-corrected chi connectivity index (χ3v) is 3.55. The molecule has 2 aromatic heterocycles. The van der Waals surface area contributed by atoms with Crippen molar-refractivity contribution in [3.63, 3.8) is 0 Å². The van der Waals surface area contributed by atoms with Crippen molar-refractivity contribution >= 4 is 5.52 Å². The number of pyridine rings is 1. The van der Waals surface area contributed by atoms with E-state index in [9.17, 15) is 0 Å². The zero-order chi connectivity index (χ0) is 13.5. The minimum absolute atomic E-state index is 0.145. The van der Waals surface area contributed by atoms with Crippen molar-refractivity contribution in [3.8, 4) is 11.1 Å². The first-order valence-corrected chi connectivity index (χ1v) is 6.73.